The molecule has 0 saturated heterocycles. The van der Waals surface area contributed by atoms with E-state index in [2.05, 4.69) is 43.4 Å². The van der Waals surface area contributed by atoms with E-state index in [0.717, 1.165) is 12.5 Å². The van der Waals surface area contributed by atoms with Crippen molar-refractivity contribution in [1.29, 1.82) is 0 Å². The van der Waals surface area contributed by atoms with Gasteiger partial charge in [-0.1, -0.05) is 38.1 Å². The van der Waals surface area contributed by atoms with Crippen molar-refractivity contribution < 1.29 is 0 Å². The van der Waals surface area contributed by atoms with Gasteiger partial charge in [0.1, 0.15) is 0 Å². The molecule has 0 saturated carbocycles. The lowest BCUT2D eigenvalue weighted by molar-refractivity contribution is 0.433. The largest absolute Gasteiger partial charge is 0.310 e. The van der Waals surface area contributed by atoms with E-state index in [1.54, 1.807) is 5.56 Å². The van der Waals surface area contributed by atoms with Crippen LogP contribution in [0.2, 0.25) is 0 Å². The first-order valence-electron chi connectivity index (χ1n) is 6.15. The lowest BCUT2D eigenvalue weighted by Gasteiger charge is -2.30. The Labute approximate surface area is 92.9 Å². The molecule has 1 aromatic carbocycles. The highest BCUT2D eigenvalue weighted by atomic mass is 14.9. The molecule has 0 spiro atoms. The third-order valence-corrected chi connectivity index (χ3v) is 3.43. The van der Waals surface area contributed by atoms with Gasteiger partial charge in [0.25, 0.3) is 0 Å². The van der Waals surface area contributed by atoms with Crippen molar-refractivity contribution in [2.24, 2.45) is 0 Å². The summed E-state index contributed by atoms with van der Waals surface area (Å²) in [5.74, 6) is 0.737. The maximum Gasteiger partial charge on any atom is 0.0323 e. The number of nitrogens with one attached hydrogen (secondary N) is 1. The molecule has 15 heavy (non-hydrogen) atoms. The van der Waals surface area contributed by atoms with E-state index >= 15 is 0 Å². The van der Waals surface area contributed by atoms with E-state index in [1.807, 2.05) is 0 Å². The molecular formula is C14H21N. The van der Waals surface area contributed by atoms with Crippen LogP contribution in [0.25, 0.3) is 0 Å². The summed E-state index contributed by atoms with van der Waals surface area (Å²) in [5.41, 5.74) is 3.09. The lowest BCUT2D eigenvalue weighted by Crippen LogP contribution is -2.26. The Bertz CT molecular complexity index is 319. The van der Waals surface area contributed by atoms with Crippen LogP contribution in [0.15, 0.2) is 24.3 Å². The average Bonchev–Trinajstić information content (AvgIpc) is 2.29. The third-order valence-electron chi connectivity index (χ3n) is 3.43. The molecule has 0 unspecified atom stereocenters. The molecule has 1 aromatic rings. The highest BCUT2D eigenvalue weighted by molar-refractivity contribution is 5.34. The van der Waals surface area contributed by atoms with Crippen LogP contribution in [0.5, 0.6) is 0 Å². The Kier molecular flexibility index (Phi) is 3.42. The van der Waals surface area contributed by atoms with Gasteiger partial charge in [0.15, 0.2) is 0 Å². The van der Waals surface area contributed by atoms with E-state index in [0.29, 0.717) is 6.04 Å². The van der Waals surface area contributed by atoms with Crippen LogP contribution in [-0.4, -0.2) is 6.54 Å². The predicted octanol–water partition coefficient (Wildman–Crippen LogP) is 3.62. The van der Waals surface area contributed by atoms with Crippen molar-refractivity contribution in [1.82, 2.24) is 5.32 Å². The molecule has 2 atom stereocenters. The smallest absolute Gasteiger partial charge is 0.0323 e. The molecule has 0 aliphatic heterocycles. The van der Waals surface area contributed by atoms with Crippen LogP contribution in [0.1, 0.15) is 56.2 Å². The third kappa shape index (κ3) is 2.23. The average molecular weight is 203 g/mol. The van der Waals surface area contributed by atoms with Crippen LogP contribution >= 0.6 is 0 Å². The minimum Gasteiger partial charge on any atom is -0.310 e. The zero-order chi connectivity index (χ0) is 10.7. The van der Waals surface area contributed by atoms with Crippen LogP contribution in [0.4, 0.5) is 0 Å². The maximum atomic E-state index is 3.65. The topological polar surface area (TPSA) is 12.0 Å². The summed E-state index contributed by atoms with van der Waals surface area (Å²) < 4.78 is 0. The summed E-state index contributed by atoms with van der Waals surface area (Å²) >= 11 is 0. The standard InChI is InChI=1S/C14H21N/c1-3-10-15-14-9-8-11(2)12-6-4-5-7-13(12)14/h4-7,11,14-15H,3,8-10H2,1-2H3/t11-,14-/m0/s1. The molecule has 0 radical (unpaired) electrons. The highest BCUT2D eigenvalue weighted by Gasteiger charge is 2.23. The summed E-state index contributed by atoms with van der Waals surface area (Å²) in [6.07, 6.45) is 3.82. The fourth-order valence-corrected chi connectivity index (χ4v) is 2.54. The Balaban J connectivity index is 2.20. The minimum atomic E-state index is 0.595. The summed E-state index contributed by atoms with van der Waals surface area (Å²) in [6.45, 7) is 5.70. The molecular weight excluding hydrogens is 182 g/mol. The van der Waals surface area contributed by atoms with Crippen LogP contribution in [0, 0.1) is 0 Å². The van der Waals surface area contributed by atoms with Crippen LogP contribution in [0.3, 0.4) is 0 Å². The quantitative estimate of drug-likeness (QED) is 0.791. The molecule has 1 N–H and O–H groups in total. The van der Waals surface area contributed by atoms with E-state index in [1.165, 1.54) is 24.8 Å². The van der Waals surface area contributed by atoms with Gasteiger partial charge in [-0.05, 0) is 42.9 Å². The Hall–Kier alpha value is -0.820. The predicted molar refractivity (Wildman–Crippen MR) is 65.1 cm³/mol. The van der Waals surface area contributed by atoms with Crippen LogP contribution in [-0.2, 0) is 0 Å². The molecule has 1 nitrogen and oxygen atoms in total. The van der Waals surface area contributed by atoms with E-state index in [-0.39, 0.29) is 0 Å². The highest BCUT2D eigenvalue weighted by Crippen LogP contribution is 2.36. The number of benzene rings is 1. The summed E-state index contributed by atoms with van der Waals surface area (Å²) in [6, 6.07) is 9.50. The van der Waals surface area contributed by atoms with E-state index in [4.69, 9.17) is 0 Å². The van der Waals surface area contributed by atoms with Crippen LogP contribution < -0.4 is 5.32 Å². The molecule has 2 rings (SSSR count). The minimum absolute atomic E-state index is 0.595. The molecule has 0 fully saturated rings. The second-order valence-corrected chi connectivity index (χ2v) is 4.61. The number of hydrogen-bond acceptors (Lipinski definition) is 1. The van der Waals surface area contributed by atoms with Gasteiger partial charge in [-0.2, -0.15) is 0 Å². The first-order chi connectivity index (χ1) is 7.33. The van der Waals surface area contributed by atoms with Crippen molar-refractivity contribution in [2.75, 3.05) is 6.54 Å². The molecule has 0 bridgehead atoms. The zero-order valence-corrected chi connectivity index (χ0v) is 9.79. The monoisotopic (exact) mass is 203 g/mol. The molecule has 0 amide bonds. The molecule has 1 aliphatic rings. The fraction of sp³-hybridized carbons (Fsp3) is 0.571. The second kappa shape index (κ2) is 4.80. The van der Waals surface area contributed by atoms with Gasteiger partial charge in [-0.25, -0.2) is 0 Å². The van der Waals surface area contributed by atoms with Gasteiger partial charge >= 0.3 is 0 Å². The maximum absolute atomic E-state index is 3.65. The second-order valence-electron chi connectivity index (χ2n) is 4.61. The Morgan fingerprint density at radius 3 is 2.67 bits per heavy atom. The van der Waals surface area contributed by atoms with Gasteiger partial charge in [0, 0.05) is 6.04 Å². The first kappa shape index (κ1) is 10.7. The number of fused-ring (bicyclic) bond motifs is 1. The summed E-state index contributed by atoms with van der Waals surface area (Å²) in [4.78, 5) is 0. The lowest BCUT2D eigenvalue weighted by atomic mass is 9.81. The molecule has 0 aromatic heterocycles. The van der Waals surface area contributed by atoms with Gasteiger partial charge in [0.05, 0.1) is 0 Å². The van der Waals surface area contributed by atoms with Crippen molar-refractivity contribution in [3.8, 4) is 0 Å². The normalized spacial score (nSPS) is 24.9. The number of rotatable bonds is 3. The van der Waals surface area contributed by atoms with Gasteiger partial charge in [-0.15, -0.1) is 0 Å². The molecule has 1 heteroatoms. The first-order valence-corrected chi connectivity index (χ1v) is 6.15. The SMILES string of the molecule is CCCN[C@H]1CC[C@H](C)c2ccccc21. The molecule has 1 aliphatic carbocycles. The fourth-order valence-electron chi connectivity index (χ4n) is 2.54. The summed E-state index contributed by atoms with van der Waals surface area (Å²) in [7, 11) is 0. The zero-order valence-electron chi connectivity index (χ0n) is 9.79. The van der Waals surface area contributed by atoms with E-state index in [9.17, 15) is 0 Å². The molecule has 0 heterocycles. The van der Waals surface area contributed by atoms with E-state index < -0.39 is 0 Å². The molecule has 82 valence electrons. The number of hydrogen-bond donors (Lipinski definition) is 1. The van der Waals surface area contributed by atoms with Gasteiger partial charge < -0.3 is 5.32 Å². The van der Waals surface area contributed by atoms with Crippen molar-refractivity contribution in [2.45, 2.75) is 45.1 Å². The van der Waals surface area contributed by atoms with Gasteiger partial charge in [-0.3, -0.25) is 0 Å². The Morgan fingerprint density at radius 1 is 1.20 bits per heavy atom. The van der Waals surface area contributed by atoms with Crippen molar-refractivity contribution in [3.05, 3.63) is 35.4 Å². The Morgan fingerprint density at radius 2 is 1.93 bits per heavy atom. The van der Waals surface area contributed by atoms with Gasteiger partial charge in [0.2, 0.25) is 0 Å². The summed E-state index contributed by atoms with van der Waals surface area (Å²) in [5, 5.41) is 3.65. The van der Waals surface area contributed by atoms with Crippen molar-refractivity contribution in [3.63, 3.8) is 0 Å². The van der Waals surface area contributed by atoms with Crippen molar-refractivity contribution >= 4 is 0 Å².